The van der Waals surface area contributed by atoms with Crippen LogP contribution in [0.3, 0.4) is 0 Å². The maximum Gasteiger partial charge on any atom is 0.250 e. The molecule has 0 aromatic heterocycles. The minimum atomic E-state index is -0.445. The third-order valence-corrected chi connectivity index (χ3v) is 2.49. The lowest BCUT2D eigenvalue weighted by molar-refractivity contribution is -0.119. The smallest absolute Gasteiger partial charge is 0.250 e. The van der Waals surface area contributed by atoms with Crippen LogP contribution in [0.1, 0.15) is 0 Å². The van der Waals surface area contributed by atoms with Gasteiger partial charge >= 0.3 is 0 Å². The predicted molar refractivity (Wildman–Crippen MR) is 80.5 cm³/mol. The Morgan fingerprint density at radius 2 is 2.33 bits per heavy atom. The molecule has 21 heavy (non-hydrogen) atoms. The quantitative estimate of drug-likeness (QED) is 0.355. The molecule has 0 bridgehead atoms. The first kappa shape index (κ1) is 16.4. The summed E-state index contributed by atoms with van der Waals surface area (Å²) in [6.07, 6.45) is 0. The summed E-state index contributed by atoms with van der Waals surface area (Å²) in [7, 11) is 1.41. The van der Waals surface area contributed by atoms with Crippen LogP contribution >= 0.6 is 11.6 Å². The average molecular weight is 309 g/mol. The number of ether oxygens (including phenoxy) is 1. The topological polar surface area (TPSA) is 136 Å². The molecule has 9 heteroatoms. The average Bonchev–Trinajstić information content (AvgIpc) is 2.42. The molecule has 0 heterocycles. The Kier molecular flexibility index (Phi) is 6.13. The minimum absolute atomic E-state index is 0.0786. The molecule has 0 unspecified atom stereocenters. The highest BCUT2D eigenvalue weighted by Crippen LogP contribution is 2.25. The molecule has 0 saturated carbocycles. The van der Waals surface area contributed by atoms with Crippen molar-refractivity contribution in [2.45, 2.75) is 0 Å². The SMILES string of the molecule is COCC(=O)Nc1ccc(N/N=C(\C#N)C(=N)N)cc1Cl. The molecule has 0 spiro atoms. The number of halogens is 1. The van der Waals surface area contributed by atoms with Crippen LogP contribution < -0.4 is 16.5 Å². The number of carbonyl (C=O) groups is 1. The van der Waals surface area contributed by atoms with Crippen LogP contribution in [0, 0.1) is 16.7 Å². The predicted octanol–water partition coefficient (Wildman–Crippen LogP) is 1.15. The van der Waals surface area contributed by atoms with Crippen molar-refractivity contribution in [1.29, 1.82) is 10.7 Å². The first-order chi connectivity index (χ1) is 9.97. The van der Waals surface area contributed by atoms with E-state index in [0.717, 1.165) is 0 Å². The van der Waals surface area contributed by atoms with Gasteiger partial charge in [0.1, 0.15) is 12.7 Å². The fourth-order valence-electron chi connectivity index (χ4n) is 1.27. The van der Waals surface area contributed by atoms with Crippen LogP contribution in [0.25, 0.3) is 0 Å². The number of hydrogen-bond acceptors (Lipinski definition) is 6. The number of amides is 1. The number of nitrogens with zero attached hydrogens (tertiary/aromatic N) is 2. The van der Waals surface area contributed by atoms with E-state index in [1.807, 2.05) is 0 Å². The van der Waals surface area contributed by atoms with Crippen LogP contribution in [0.2, 0.25) is 5.02 Å². The van der Waals surface area contributed by atoms with E-state index in [4.69, 9.17) is 32.7 Å². The molecule has 0 radical (unpaired) electrons. The van der Waals surface area contributed by atoms with Crippen molar-refractivity contribution in [3.05, 3.63) is 23.2 Å². The highest BCUT2D eigenvalue weighted by molar-refractivity contribution is 6.45. The molecule has 1 rings (SSSR count). The van der Waals surface area contributed by atoms with Crippen molar-refractivity contribution >= 4 is 40.4 Å². The molecule has 0 aliphatic carbocycles. The van der Waals surface area contributed by atoms with Gasteiger partial charge in [-0.15, -0.1) is 0 Å². The summed E-state index contributed by atoms with van der Waals surface area (Å²) >= 11 is 6.01. The zero-order chi connectivity index (χ0) is 15.8. The number of methoxy groups -OCH3 is 1. The van der Waals surface area contributed by atoms with Gasteiger partial charge < -0.3 is 15.8 Å². The molecule has 110 valence electrons. The van der Waals surface area contributed by atoms with Crippen LogP contribution in [0.5, 0.6) is 0 Å². The minimum Gasteiger partial charge on any atom is -0.382 e. The zero-order valence-electron chi connectivity index (χ0n) is 11.1. The maximum atomic E-state index is 11.4. The van der Waals surface area contributed by atoms with Crippen molar-refractivity contribution in [1.82, 2.24) is 0 Å². The number of nitriles is 1. The molecule has 0 atom stereocenters. The van der Waals surface area contributed by atoms with Gasteiger partial charge in [-0.05, 0) is 18.2 Å². The van der Waals surface area contributed by atoms with E-state index in [0.29, 0.717) is 11.4 Å². The van der Waals surface area contributed by atoms with Gasteiger partial charge in [0.2, 0.25) is 11.6 Å². The van der Waals surface area contributed by atoms with Gasteiger partial charge in [0, 0.05) is 7.11 Å². The number of anilines is 2. The Bertz CT molecular complexity index is 623. The van der Waals surface area contributed by atoms with Crippen LogP contribution in [0.15, 0.2) is 23.3 Å². The summed E-state index contributed by atoms with van der Waals surface area (Å²) in [4.78, 5) is 11.4. The van der Waals surface area contributed by atoms with Gasteiger partial charge in [-0.25, -0.2) is 0 Å². The summed E-state index contributed by atoms with van der Waals surface area (Å²) in [5, 5.41) is 22.3. The lowest BCUT2D eigenvalue weighted by atomic mass is 10.3. The molecule has 0 fully saturated rings. The highest BCUT2D eigenvalue weighted by atomic mass is 35.5. The van der Waals surface area contributed by atoms with Crippen molar-refractivity contribution in [3.8, 4) is 6.07 Å². The highest BCUT2D eigenvalue weighted by Gasteiger charge is 2.07. The molecule has 0 aliphatic heterocycles. The van der Waals surface area contributed by atoms with Crippen molar-refractivity contribution < 1.29 is 9.53 Å². The number of hydrazone groups is 1. The van der Waals surface area contributed by atoms with E-state index >= 15 is 0 Å². The van der Waals surface area contributed by atoms with Crippen molar-refractivity contribution in [2.24, 2.45) is 10.8 Å². The van der Waals surface area contributed by atoms with E-state index in [2.05, 4.69) is 15.8 Å². The summed E-state index contributed by atoms with van der Waals surface area (Å²) in [6, 6.07) is 6.33. The van der Waals surface area contributed by atoms with Crippen molar-refractivity contribution in [2.75, 3.05) is 24.5 Å². The normalized spacial score (nSPS) is 10.6. The molecule has 1 aromatic carbocycles. The molecule has 0 saturated heterocycles. The molecule has 5 N–H and O–H groups in total. The Labute approximate surface area is 126 Å². The van der Waals surface area contributed by atoms with Gasteiger partial charge in [0.05, 0.1) is 16.4 Å². The fraction of sp³-hybridized carbons (Fsp3) is 0.167. The Morgan fingerprint density at radius 3 is 2.86 bits per heavy atom. The Balaban J connectivity index is 2.81. The number of nitrogens with one attached hydrogen (secondary N) is 3. The number of carbonyl (C=O) groups excluding carboxylic acids is 1. The van der Waals surface area contributed by atoms with Gasteiger partial charge in [-0.2, -0.15) is 10.4 Å². The van der Waals surface area contributed by atoms with E-state index in [1.165, 1.54) is 13.2 Å². The standard InChI is InChI=1S/C12H13ClN6O2/c1-21-6-11(20)17-9-3-2-7(4-8(9)13)18-19-10(5-14)12(15)16/h2-4,18H,6H2,1H3,(H3,15,16)(H,17,20)/b19-10+. The monoisotopic (exact) mass is 308 g/mol. The van der Waals surface area contributed by atoms with E-state index in [-0.39, 0.29) is 23.2 Å². The van der Waals surface area contributed by atoms with E-state index in [1.54, 1.807) is 18.2 Å². The molecule has 0 aliphatic rings. The number of benzene rings is 1. The second-order valence-corrected chi connectivity index (χ2v) is 4.18. The zero-order valence-corrected chi connectivity index (χ0v) is 11.9. The summed E-state index contributed by atoms with van der Waals surface area (Å²) < 4.78 is 4.69. The van der Waals surface area contributed by atoms with E-state index < -0.39 is 5.84 Å². The molecule has 8 nitrogen and oxygen atoms in total. The molecular weight excluding hydrogens is 296 g/mol. The second kappa shape index (κ2) is 7.84. The summed E-state index contributed by atoms with van der Waals surface area (Å²) in [5.74, 6) is -0.777. The maximum absolute atomic E-state index is 11.4. The lowest BCUT2D eigenvalue weighted by Gasteiger charge is -2.08. The first-order valence-electron chi connectivity index (χ1n) is 5.64. The Hall–Kier alpha value is -2.63. The number of amidine groups is 1. The number of nitrogens with two attached hydrogens (primary N) is 1. The second-order valence-electron chi connectivity index (χ2n) is 3.77. The van der Waals surface area contributed by atoms with Crippen LogP contribution in [-0.4, -0.2) is 31.2 Å². The van der Waals surface area contributed by atoms with Crippen LogP contribution in [0.4, 0.5) is 11.4 Å². The lowest BCUT2D eigenvalue weighted by Crippen LogP contribution is -2.21. The summed E-state index contributed by atoms with van der Waals surface area (Å²) in [5.41, 5.74) is 8.34. The van der Waals surface area contributed by atoms with Gasteiger partial charge in [0.15, 0.2) is 5.84 Å². The number of rotatable bonds is 6. The van der Waals surface area contributed by atoms with E-state index in [9.17, 15) is 4.79 Å². The van der Waals surface area contributed by atoms with Gasteiger partial charge in [-0.3, -0.25) is 15.6 Å². The summed E-state index contributed by atoms with van der Waals surface area (Å²) in [6.45, 7) is -0.0786. The first-order valence-corrected chi connectivity index (χ1v) is 6.02. The van der Waals surface area contributed by atoms with Gasteiger partial charge in [0.25, 0.3) is 0 Å². The molecule has 1 amide bonds. The van der Waals surface area contributed by atoms with Crippen LogP contribution in [-0.2, 0) is 9.53 Å². The third kappa shape index (κ3) is 5.10. The largest absolute Gasteiger partial charge is 0.382 e. The van der Waals surface area contributed by atoms with Crippen molar-refractivity contribution in [3.63, 3.8) is 0 Å². The fourth-order valence-corrected chi connectivity index (χ4v) is 1.50. The molecule has 1 aromatic rings. The Morgan fingerprint density at radius 1 is 1.62 bits per heavy atom. The number of hydrogen-bond donors (Lipinski definition) is 4. The molecular formula is C12H13ClN6O2. The third-order valence-electron chi connectivity index (χ3n) is 2.18. The van der Waals surface area contributed by atoms with Gasteiger partial charge in [-0.1, -0.05) is 11.6 Å².